The number of hydrogen-bond donors (Lipinski definition) is 2. The maximum Gasteiger partial charge on any atom is 0.407 e. The minimum Gasteiger partial charge on any atom is -0.444 e. The van der Waals surface area contributed by atoms with Gasteiger partial charge in [0.2, 0.25) is 0 Å². The second-order valence-corrected chi connectivity index (χ2v) is 6.99. The summed E-state index contributed by atoms with van der Waals surface area (Å²) in [7, 11) is 0. The lowest BCUT2D eigenvalue weighted by Gasteiger charge is -2.21. The van der Waals surface area contributed by atoms with Gasteiger partial charge in [0.05, 0.1) is 0 Å². The summed E-state index contributed by atoms with van der Waals surface area (Å²) in [4.78, 5) is 23.9. The summed E-state index contributed by atoms with van der Waals surface area (Å²) in [5.41, 5.74) is 2.48. The lowest BCUT2D eigenvalue weighted by Crippen LogP contribution is -2.39. The molecule has 1 aromatic carbocycles. The van der Waals surface area contributed by atoms with Crippen LogP contribution in [-0.4, -0.2) is 30.2 Å². The van der Waals surface area contributed by atoms with Gasteiger partial charge in [-0.1, -0.05) is 13.0 Å². The monoisotopic (exact) mass is 318 g/mol. The first-order chi connectivity index (χ1) is 10.8. The highest BCUT2D eigenvalue weighted by Crippen LogP contribution is 2.24. The summed E-state index contributed by atoms with van der Waals surface area (Å²) in [5.74, 6) is -0.0433. The maximum atomic E-state index is 12.0. The molecule has 126 valence electrons. The van der Waals surface area contributed by atoms with Crippen molar-refractivity contribution in [3.63, 3.8) is 0 Å². The van der Waals surface area contributed by atoms with Crippen molar-refractivity contribution in [2.75, 3.05) is 6.54 Å². The number of benzene rings is 1. The fourth-order valence-corrected chi connectivity index (χ4v) is 2.68. The van der Waals surface area contributed by atoms with Crippen LogP contribution < -0.4 is 10.6 Å². The predicted octanol–water partition coefficient (Wildman–Crippen LogP) is 2.82. The molecule has 0 spiro atoms. The van der Waals surface area contributed by atoms with Gasteiger partial charge in [-0.15, -0.1) is 0 Å². The molecule has 1 aliphatic carbocycles. The Kier molecular flexibility index (Phi) is 5.29. The number of alkyl carbamates (subject to hydrolysis) is 1. The van der Waals surface area contributed by atoms with Gasteiger partial charge in [0.25, 0.3) is 5.91 Å². The van der Waals surface area contributed by atoms with Crippen molar-refractivity contribution >= 4 is 12.0 Å². The standard InChI is InChI=1S/C18H26N2O3/c1-5-8-19-16(21)13-7-6-12-10-15(11-14(12)9-13)20-17(22)23-18(2,3)4/h6-7,9,15H,5,8,10-11H2,1-4H3,(H,19,21)(H,20,22). The van der Waals surface area contributed by atoms with E-state index in [0.29, 0.717) is 12.1 Å². The van der Waals surface area contributed by atoms with Gasteiger partial charge in [-0.2, -0.15) is 0 Å². The third-order valence-corrected chi connectivity index (χ3v) is 3.66. The van der Waals surface area contributed by atoms with Crippen LogP contribution in [0.2, 0.25) is 0 Å². The van der Waals surface area contributed by atoms with E-state index >= 15 is 0 Å². The second-order valence-electron chi connectivity index (χ2n) is 6.99. The molecule has 0 radical (unpaired) electrons. The molecule has 2 amide bonds. The fourth-order valence-electron chi connectivity index (χ4n) is 2.68. The molecule has 0 heterocycles. The minimum atomic E-state index is -0.500. The molecule has 1 aliphatic rings. The molecule has 0 aliphatic heterocycles. The van der Waals surface area contributed by atoms with Gasteiger partial charge in [-0.3, -0.25) is 4.79 Å². The van der Waals surface area contributed by atoms with Crippen molar-refractivity contribution in [3.05, 3.63) is 34.9 Å². The molecule has 0 aromatic heterocycles. The number of hydrogen-bond acceptors (Lipinski definition) is 3. The Bertz CT molecular complexity index is 590. The van der Waals surface area contributed by atoms with Gasteiger partial charge in [0, 0.05) is 18.2 Å². The van der Waals surface area contributed by atoms with Gasteiger partial charge in [-0.05, 0) is 63.3 Å². The van der Waals surface area contributed by atoms with Crippen LogP contribution in [0.1, 0.15) is 55.6 Å². The number of amides is 2. The molecule has 23 heavy (non-hydrogen) atoms. The number of fused-ring (bicyclic) bond motifs is 1. The number of rotatable bonds is 4. The first-order valence-electron chi connectivity index (χ1n) is 8.18. The molecule has 0 bridgehead atoms. The van der Waals surface area contributed by atoms with E-state index in [4.69, 9.17) is 4.74 Å². The van der Waals surface area contributed by atoms with E-state index in [-0.39, 0.29) is 11.9 Å². The lowest BCUT2D eigenvalue weighted by molar-refractivity contribution is 0.0506. The van der Waals surface area contributed by atoms with E-state index in [0.717, 1.165) is 24.8 Å². The summed E-state index contributed by atoms with van der Waals surface area (Å²) >= 11 is 0. The quantitative estimate of drug-likeness (QED) is 0.897. The first kappa shape index (κ1) is 17.3. The van der Waals surface area contributed by atoms with Crippen LogP contribution in [0.5, 0.6) is 0 Å². The van der Waals surface area contributed by atoms with Crippen molar-refractivity contribution < 1.29 is 14.3 Å². The molecular formula is C18H26N2O3. The Balaban J connectivity index is 1.96. The van der Waals surface area contributed by atoms with E-state index in [1.807, 2.05) is 45.9 Å². The van der Waals surface area contributed by atoms with Crippen molar-refractivity contribution in [1.82, 2.24) is 10.6 Å². The second kappa shape index (κ2) is 7.02. The highest BCUT2D eigenvalue weighted by atomic mass is 16.6. The van der Waals surface area contributed by atoms with Crippen molar-refractivity contribution in [1.29, 1.82) is 0 Å². The summed E-state index contributed by atoms with van der Waals surface area (Å²) in [6.07, 6.45) is 2.02. The Morgan fingerprint density at radius 2 is 1.91 bits per heavy atom. The van der Waals surface area contributed by atoms with E-state index in [1.54, 1.807) is 0 Å². The Morgan fingerprint density at radius 3 is 2.57 bits per heavy atom. The summed E-state index contributed by atoms with van der Waals surface area (Å²) in [6, 6.07) is 5.78. The van der Waals surface area contributed by atoms with Gasteiger partial charge in [0.1, 0.15) is 5.60 Å². The zero-order valence-corrected chi connectivity index (χ0v) is 14.4. The fraction of sp³-hybridized carbons (Fsp3) is 0.556. The summed E-state index contributed by atoms with van der Waals surface area (Å²) in [5, 5.41) is 5.78. The van der Waals surface area contributed by atoms with Crippen LogP contribution in [0.25, 0.3) is 0 Å². The van der Waals surface area contributed by atoms with Crippen molar-refractivity contribution in [2.45, 2.75) is 58.6 Å². The van der Waals surface area contributed by atoms with Crippen LogP contribution in [0.15, 0.2) is 18.2 Å². The normalized spacial score (nSPS) is 16.6. The molecular weight excluding hydrogens is 292 g/mol. The van der Waals surface area contributed by atoms with Crippen LogP contribution in [0, 0.1) is 0 Å². The SMILES string of the molecule is CCCNC(=O)c1ccc2c(c1)CC(NC(=O)OC(C)(C)C)C2. The molecule has 5 nitrogen and oxygen atoms in total. The van der Waals surface area contributed by atoms with E-state index in [1.165, 1.54) is 5.56 Å². The molecule has 1 atom stereocenters. The molecule has 1 aromatic rings. The Hall–Kier alpha value is -2.04. The molecule has 0 fully saturated rings. The minimum absolute atomic E-state index is 0.0220. The van der Waals surface area contributed by atoms with E-state index < -0.39 is 11.7 Å². The largest absolute Gasteiger partial charge is 0.444 e. The van der Waals surface area contributed by atoms with Crippen molar-refractivity contribution in [2.24, 2.45) is 0 Å². The highest BCUT2D eigenvalue weighted by Gasteiger charge is 2.26. The topological polar surface area (TPSA) is 67.4 Å². The maximum absolute atomic E-state index is 12.0. The molecule has 1 unspecified atom stereocenters. The van der Waals surface area contributed by atoms with Gasteiger partial charge in [0.15, 0.2) is 0 Å². The zero-order valence-electron chi connectivity index (χ0n) is 14.4. The lowest BCUT2D eigenvalue weighted by atomic mass is 10.1. The average molecular weight is 318 g/mol. The third kappa shape index (κ3) is 4.98. The number of nitrogens with one attached hydrogen (secondary N) is 2. The van der Waals surface area contributed by atoms with E-state index in [9.17, 15) is 9.59 Å². The molecule has 2 N–H and O–H groups in total. The van der Waals surface area contributed by atoms with Crippen LogP contribution in [-0.2, 0) is 17.6 Å². The van der Waals surface area contributed by atoms with Crippen molar-refractivity contribution in [3.8, 4) is 0 Å². The van der Waals surface area contributed by atoms with Gasteiger partial charge in [-0.25, -0.2) is 4.79 Å². The third-order valence-electron chi connectivity index (χ3n) is 3.66. The average Bonchev–Trinajstić information content (AvgIpc) is 2.83. The summed E-state index contributed by atoms with van der Waals surface area (Å²) < 4.78 is 5.29. The highest BCUT2D eigenvalue weighted by molar-refractivity contribution is 5.94. The summed E-state index contributed by atoms with van der Waals surface area (Å²) in [6.45, 7) is 8.24. The Morgan fingerprint density at radius 1 is 1.22 bits per heavy atom. The predicted molar refractivity (Wildman–Crippen MR) is 89.6 cm³/mol. The van der Waals surface area contributed by atoms with Crippen LogP contribution >= 0.6 is 0 Å². The van der Waals surface area contributed by atoms with E-state index in [2.05, 4.69) is 10.6 Å². The van der Waals surface area contributed by atoms with Gasteiger partial charge < -0.3 is 15.4 Å². The van der Waals surface area contributed by atoms with Crippen LogP contribution in [0.3, 0.4) is 0 Å². The van der Waals surface area contributed by atoms with Crippen LogP contribution in [0.4, 0.5) is 4.79 Å². The molecule has 0 saturated heterocycles. The van der Waals surface area contributed by atoms with Gasteiger partial charge >= 0.3 is 6.09 Å². The number of ether oxygens (including phenoxy) is 1. The zero-order chi connectivity index (χ0) is 17.0. The number of carbonyl (C=O) groups is 2. The number of carbonyl (C=O) groups excluding carboxylic acids is 2. The molecule has 5 heteroatoms. The molecule has 2 rings (SSSR count). The first-order valence-corrected chi connectivity index (χ1v) is 8.18. The molecule has 0 saturated carbocycles. The smallest absolute Gasteiger partial charge is 0.407 e. The Labute approximate surface area is 137 Å².